The van der Waals surface area contributed by atoms with Crippen LogP contribution < -0.4 is 15.8 Å². The van der Waals surface area contributed by atoms with Crippen LogP contribution in [-0.4, -0.2) is 6.61 Å². The van der Waals surface area contributed by atoms with E-state index in [0.29, 0.717) is 23.0 Å². The fraction of sp³-hybridized carbons (Fsp3) is 0.250. The Bertz CT molecular complexity index is 626. The number of nitrogens with two attached hydrogens (primary N) is 1. The SMILES string of the molecule is CCCOc1cc(Nc2c(C)cccc2Cl)c(N)cc1F. The highest BCUT2D eigenvalue weighted by molar-refractivity contribution is 6.33. The predicted octanol–water partition coefficient (Wildman–Crippen LogP) is 4.90. The van der Waals surface area contributed by atoms with Gasteiger partial charge in [0.2, 0.25) is 0 Å². The molecule has 0 aliphatic rings. The Morgan fingerprint density at radius 2 is 2.10 bits per heavy atom. The van der Waals surface area contributed by atoms with Crippen LogP contribution in [0.1, 0.15) is 18.9 Å². The van der Waals surface area contributed by atoms with Gasteiger partial charge in [0.05, 0.1) is 28.7 Å². The first-order valence-electron chi connectivity index (χ1n) is 6.77. The number of para-hydroxylation sites is 1. The summed E-state index contributed by atoms with van der Waals surface area (Å²) in [5, 5.41) is 3.73. The smallest absolute Gasteiger partial charge is 0.167 e. The molecule has 0 heterocycles. The molecular formula is C16H18ClFN2O. The average Bonchev–Trinajstić information content (AvgIpc) is 2.44. The molecule has 0 atom stereocenters. The first kappa shape index (κ1) is 15.4. The maximum Gasteiger partial charge on any atom is 0.167 e. The summed E-state index contributed by atoms with van der Waals surface area (Å²) in [7, 11) is 0. The van der Waals surface area contributed by atoms with Crippen molar-refractivity contribution in [2.24, 2.45) is 0 Å². The van der Waals surface area contributed by atoms with Crippen LogP contribution in [-0.2, 0) is 0 Å². The molecule has 0 saturated carbocycles. The molecular weight excluding hydrogens is 291 g/mol. The van der Waals surface area contributed by atoms with Gasteiger partial charge < -0.3 is 15.8 Å². The minimum atomic E-state index is -0.470. The Kier molecular flexibility index (Phi) is 4.91. The first-order valence-corrected chi connectivity index (χ1v) is 7.14. The minimum absolute atomic E-state index is 0.179. The summed E-state index contributed by atoms with van der Waals surface area (Å²) < 4.78 is 19.2. The molecule has 0 bridgehead atoms. The number of nitrogens with one attached hydrogen (secondary N) is 1. The van der Waals surface area contributed by atoms with Crippen molar-refractivity contribution < 1.29 is 9.13 Å². The van der Waals surface area contributed by atoms with E-state index in [1.807, 2.05) is 26.0 Å². The highest BCUT2D eigenvalue weighted by atomic mass is 35.5. The molecule has 2 rings (SSSR count). The molecule has 0 saturated heterocycles. The topological polar surface area (TPSA) is 47.3 Å². The van der Waals surface area contributed by atoms with Crippen LogP contribution in [0.4, 0.5) is 21.5 Å². The van der Waals surface area contributed by atoms with Crippen molar-refractivity contribution in [1.82, 2.24) is 0 Å². The number of halogens is 2. The third-order valence-corrected chi connectivity index (χ3v) is 3.36. The maximum atomic E-state index is 13.8. The van der Waals surface area contributed by atoms with E-state index < -0.39 is 5.82 Å². The van der Waals surface area contributed by atoms with Crippen LogP contribution in [0.5, 0.6) is 5.75 Å². The molecule has 21 heavy (non-hydrogen) atoms. The number of aryl methyl sites for hydroxylation is 1. The van der Waals surface area contributed by atoms with E-state index in [-0.39, 0.29) is 5.75 Å². The summed E-state index contributed by atoms with van der Waals surface area (Å²) in [6.45, 7) is 4.34. The second-order valence-corrected chi connectivity index (χ2v) is 5.18. The van der Waals surface area contributed by atoms with Crippen LogP contribution in [0, 0.1) is 12.7 Å². The predicted molar refractivity (Wildman–Crippen MR) is 86.1 cm³/mol. The van der Waals surface area contributed by atoms with Crippen LogP contribution in [0.15, 0.2) is 30.3 Å². The molecule has 5 heteroatoms. The van der Waals surface area contributed by atoms with Gasteiger partial charge in [-0.3, -0.25) is 0 Å². The Morgan fingerprint density at radius 3 is 2.76 bits per heavy atom. The number of anilines is 3. The Morgan fingerprint density at radius 1 is 1.33 bits per heavy atom. The largest absolute Gasteiger partial charge is 0.490 e. The molecule has 0 radical (unpaired) electrons. The normalized spacial score (nSPS) is 10.5. The summed E-state index contributed by atoms with van der Waals surface area (Å²) in [6.07, 6.45) is 0.802. The lowest BCUT2D eigenvalue weighted by molar-refractivity contribution is 0.301. The molecule has 0 amide bonds. The summed E-state index contributed by atoms with van der Waals surface area (Å²) in [5.41, 5.74) is 8.46. The Hall–Kier alpha value is -1.94. The number of benzene rings is 2. The third kappa shape index (κ3) is 3.58. The average molecular weight is 309 g/mol. The van der Waals surface area contributed by atoms with Crippen LogP contribution in [0.25, 0.3) is 0 Å². The molecule has 0 aliphatic carbocycles. The molecule has 0 aromatic heterocycles. The highest BCUT2D eigenvalue weighted by Crippen LogP contribution is 2.34. The molecule has 112 valence electrons. The molecule has 3 nitrogen and oxygen atoms in total. The lowest BCUT2D eigenvalue weighted by atomic mass is 10.1. The van der Waals surface area contributed by atoms with Gasteiger partial charge in [-0.2, -0.15) is 0 Å². The minimum Gasteiger partial charge on any atom is -0.490 e. The van der Waals surface area contributed by atoms with Crippen molar-refractivity contribution in [3.63, 3.8) is 0 Å². The molecule has 3 N–H and O–H groups in total. The third-order valence-electron chi connectivity index (χ3n) is 3.05. The van der Waals surface area contributed by atoms with Crippen molar-refractivity contribution in [2.45, 2.75) is 20.3 Å². The first-order chi connectivity index (χ1) is 10.0. The van der Waals surface area contributed by atoms with Gasteiger partial charge in [-0.1, -0.05) is 30.7 Å². The molecule has 2 aromatic carbocycles. The van der Waals surface area contributed by atoms with Gasteiger partial charge in [0.25, 0.3) is 0 Å². The number of hydrogen-bond donors (Lipinski definition) is 2. The van der Waals surface area contributed by atoms with E-state index >= 15 is 0 Å². The van der Waals surface area contributed by atoms with E-state index in [1.165, 1.54) is 6.07 Å². The Balaban J connectivity index is 2.35. The van der Waals surface area contributed by atoms with E-state index in [4.69, 9.17) is 22.1 Å². The van der Waals surface area contributed by atoms with Gasteiger partial charge in [0.15, 0.2) is 11.6 Å². The van der Waals surface area contributed by atoms with Crippen molar-refractivity contribution in [3.8, 4) is 5.75 Å². The number of rotatable bonds is 5. The van der Waals surface area contributed by atoms with Gasteiger partial charge in [-0.15, -0.1) is 0 Å². The van der Waals surface area contributed by atoms with E-state index in [2.05, 4.69) is 5.32 Å². The van der Waals surface area contributed by atoms with Gasteiger partial charge in [-0.25, -0.2) is 4.39 Å². The standard InChI is InChI=1S/C16H18ClFN2O/c1-3-7-21-15-9-14(13(19)8-12(15)18)20-16-10(2)5-4-6-11(16)17/h4-6,8-9,20H,3,7,19H2,1-2H3. The zero-order valence-electron chi connectivity index (χ0n) is 12.0. The van der Waals surface area contributed by atoms with E-state index in [1.54, 1.807) is 12.1 Å². The fourth-order valence-corrected chi connectivity index (χ4v) is 2.19. The number of ether oxygens (including phenoxy) is 1. The van der Waals surface area contributed by atoms with Crippen LogP contribution >= 0.6 is 11.6 Å². The molecule has 0 unspecified atom stereocenters. The summed E-state index contributed by atoms with van der Waals surface area (Å²) in [5.74, 6) is -0.291. The van der Waals surface area contributed by atoms with E-state index in [0.717, 1.165) is 17.7 Å². The van der Waals surface area contributed by atoms with Gasteiger partial charge >= 0.3 is 0 Å². The van der Waals surface area contributed by atoms with Crippen molar-refractivity contribution in [2.75, 3.05) is 17.7 Å². The zero-order chi connectivity index (χ0) is 15.4. The molecule has 0 fully saturated rings. The molecule has 0 aliphatic heterocycles. The lowest BCUT2D eigenvalue weighted by Crippen LogP contribution is -2.03. The maximum absolute atomic E-state index is 13.8. The summed E-state index contributed by atoms with van der Waals surface area (Å²) >= 11 is 6.18. The quantitative estimate of drug-likeness (QED) is 0.772. The lowest BCUT2D eigenvalue weighted by Gasteiger charge is -2.15. The second kappa shape index (κ2) is 6.68. The van der Waals surface area contributed by atoms with Crippen LogP contribution in [0.3, 0.4) is 0 Å². The van der Waals surface area contributed by atoms with Gasteiger partial charge in [0.1, 0.15) is 0 Å². The van der Waals surface area contributed by atoms with Gasteiger partial charge in [-0.05, 0) is 25.0 Å². The summed E-state index contributed by atoms with van der Waals surface area (Å²) in [4.78, 5) is 0. The van der Waals surface area contributed by atoms with Crippen LogP contribution in [0.2, 0.25) is 5.02 Å². The highest BCUT2D eigenvalue weighted by Gasteiger charge is 2.11. The van der Waals surface area contributed by atoms with Crippen molar-refractivity contribution in [1.29, 1.82) is 0 Å². The Labute approximate surface area is 128 Å². The zero-order valence-corrected chi connectivity index (χ0v) is 12.8. The van der Waals surface area contributed by atoms with Crippen molar-refractivity contribution >= 4 is 28.7 Å². The summed E-state index contributed by atoms with van der Waals surface area (Å²) in [6, 6.07) is 8.39. The number of nitrogen functional groups attached to an aromatic ring is 1. The monoisotopic (exact) mass is 308 g/mol. The van der Waals surface area contributed by atoms with Gasteiger partial charge in [0, 0.05) is 12.1 Å². The second-order valence-electron chi connectivity index (χ2n) is 4.78. The van der Waals surface area contributed by atoms with E-state index in [9.17, 15) is 4.39 Å². The van der Waals surface area contributed by atoms with Crippen molar-refractivity contribution in [3.05, 3.63) is 46.7 Å². The fourth-order valence-electron chi connectivity index (χ4n) is 1.92. The molecule has 0 spiro atoms. The molecule has 2 aromatic rings. The number of hydrogen-bond acceptors (Lipinski definition) is 3.